The van der Waals surface area contributed by atoms with Crippen LogP contribution in [0.1, 0.15) is 25.0 Å². The van der Waals surface area contributed by atoms with Gasteiger partial charge in [0.25, 0.3) is 0 Å². The third-order valence-electron chi connectivity index (χ3n) is 3.37. The van der Waals surface area contributed by atoms with Gasteiger partial charge in [-0.3, -0.25) is 0 Å². The summed E-state index contributed by atoms with van der Waals surface area (Å²) in [4.78, 5) is 2.40. The summed E-state index contributed by atoms with van der Waals surface area (Å²) in [6, 6.07) is 5.03. The Hall–Kier alpha value is -0.930. The Morgan fingerprint density at radius 3 is 2.50 bits per heavy atom. The fraction of sp³-hybridized carbons (Fsp3) is 0.600. The van der Waals surface area contributed by atoms with Crippen molar-refractivity contribution in [1.82, 2.24) is 10.2 Å². The molecular formula is C15H25FN2. The average Bonchev–Trinajstić information content (AvgIpc) is 2.36. The standard InChI is InChI=1S/C15H25FN2/c1-4-18(5-2)11-10-17-9-8-14-6-7-15(16)12-13(14)3/h6-7,12,17H,4-5,8-11H2,1-3H3. The van der Waals surface area contributed by atoms with Gasteiger partial charge in [0.1, 0.15) is 5.82 Å². The molecule has 18 heavy (non-hydrogen) atoms. The Labute approximate surface area is 110 Å². The Balaban J connectivity index is 2.21. The molecule has 0 atom stereocenters. The molecule has 102 valence electrons. The van der Waals surface area contributed by atoms with Crippen molar-refractivity contribution >= 4 is 0 Å². The zero-order valence-electron chi connectivity index (χ0n) is 11.8. The highest BCUT2D eigenvalue weighted by atomic mass is 19.1. The van der Waals surface area contributed by atoms with Crippen LogP contribution >= 0.6 is 0 Å². The number of aryl methyl sites for hydroxylation is 1. The highest BCUT2D eigenvalue weighted by Crippen LogP contribution is 2.10. The molecule has 1 N–H and O–H groups in total. The minimum atomic E-state index is -0.147. The van der Waals surface area contributed by atoms with Crippen LogP contribution < -0.4 is 5.32 Å². The minimum absolute atomic E-state index is 0.147. The van der Waals surface area contributed by atoms with E-state index in [0.29, 0.717) is 0 Å². The highest BCUT2D eigenvalue weighted by Gasteiger charge is 2.01. The van der Waals surface area contributed by atoms with Crippen LogP contribution in [0.2, 0.25) is 0 Å². The second-order valence-corrected chi connectivity index (χ2v) is 4.60. The van der Waals surface area contributed by atoms with Gasteiger partial charge >= 0.3 is 0 Å². The van der Waals surface area contributed by atoms with Crippen LogP contribution in [-0.2, 0) is 6.42 Å². The quantitative estimate of drug-likeness (QED) is 0.715. The maximum Gasteiger partial charge on any atom is 0.123 e. The summed E-state index contributed by atoms with van der Waals surface area (Å²) < 4.78 is 12.9. The summed E-state index contributed by atoms with van der Waals surface area (Å²) in [5.74, 6) is -0.147. The van der Waals surface area contributed by atoms with Crippen LogP contribution in [0.15, 0.2) is 18.2 Å². The molecule has 1 aromatic rings. The van der Waals surface area contributed by atoms with E-state index in [1.807, 2.05) is 13.0 Å². The van der Waals surface area contributed by atoms with Crippen molar-refractivity contribution < 1.29 is 4.39 Å². The van der Waals surface area contributed by atoms with Gasteiger partial charge in [-0.1, -0.05) is 19.9 Å². The van der Waals surface area contributed by atoms with Gasteiger partial charge < -0.3 is 10.2 Å². The monoisotopic (exact) mass is 252 g/mol. The smallest absolute Gasteiger partial charge is 0.123 e. The molecule has 0 aromatic heterocycles. The molecule has 0 aliphatic rings. The van der Waals surface area contributed by atoms with Crippen molar-refractivity contribution in [3.05, 3.63) is 35.1 Å². The maximum absolute atomic E-state index is 12.9. The second kappa shape index (κ2) is 8.22. The van der Waals surface area contributed by atoms with Gasteiger partial charge in [-0.2, -0.15) is 0 Å². The Bertz CT molecular complexity index is 348. The first kappa shape index (κ1) is 15.1. The zero-order valence-corrected chi connectivity index (χ0v) is 11.8. The molecule has 0 bridgehead atoms. The van der Waals surface area contributed by atoms with Crippen molar-refractivity contribution in [1.29, 1.82) is 0 Å². The third kappa shape index (κ3) is 5.15. The molecule has 0 saturated heterocycles. The number of benzene rings is 1. The fourth-order valence-electron chi connectivity index (χ4n) is 2.06. The van der Waals surface area contributed by atoms with E-state index in [-0.39, 0.29) is 5.82 Å². The number of likely N-dealkylation sites (N-methyl/N-ethyl adjacent to an activating group) is 1. The largest absolute Gasteiger partial charge is 0.315 e. The molecule has 3 heteroatoms. The lowest BCUT2D eigenvalue weighted by molar-refractivity contribution is 0.303. The summed E-state index contributed by atoms with van der Waals surface area (Å²) in [6.45, 7) is 11.6. The third-order valence-corrected chi connectivity index (χ3v) is 3.37. The van der Waals surface area contributed by atoms with Crippen LogP contribution in [0.3, 0.4) is 0 Å². The molecule has 1 rings (SSSR count). The van der Waals surface area contributed by atoms with E-state index in [9.17, 15) is 4.39 Å². The molecule has 0 spiro atoms. The number of hydrogen-bond donors (Lipinski definition) is 1. The highest BCUT2D eigenvalue weighted by molar-refractivity contribution is 5.26. The molecule has 0 saturated carbocycles. The van der Waals surface area contributed by atoms with E-state index in [2.05, 4.69) is 24.1 Å². The normalized spacial score (nSPS) is 11.2. The molecule has 0 aliphatic carbocycles. The van der Waals surface area contributed by atoms with Gasteiger partial charge in [0.2, 0.25) is 0 Å². The number of hydrogen-bond acceptors (Lipinski definition) is 2. The SMILES string of the molecule is CCN(CC)CCNCCc1ccc(F)cc1C. The van der Waals surface area contributed by atoms with E-state index in [4.69, 9.17) is 0 Å². The number of halogens is 1. The topological polar surface area (TPSA) is 15.3 Å². The number of nitrogens with one attached hydrogen (secondary N) is 1. The van der Waals surface area contributed by atoms with Gasteiger partial charge in [-0.15, -0.1) is 0 Å². The van der Waals surface area contributed by atoms with Crippen LogP contribution in [0, 0.1) is 12.7 Å². The van der Waals surface area contributed by atoms with Crippen LogP contribution in [0.4, 0.5) is 4.39 Å². The van der Waals surface area contributed by atoms with E-state index >= 15 is 0 Å². The first-order chi connectivity index (χ1) is 8.67. The first-order valence-corrected chi connectivity index (χ1v) is 6.85. The summed E-state index contributed by atoms with van der Waals surface area (Å²) in [6.07, 6.45) is 0.963. The lowest BCUT2D eigenvalue weighted by Gasteiger charge is -2.18. The van der Waals surface area contributed by atoms with Gasteiger partial charge in [-0.05, 0) is 56.2 Å². The summed E-state index contributed by atoms with van der Waals surface area (Å²) >= 11 is 0. The van der Waals surface area contributed by atoms with Crippen molar-refractivity contribution in [2.24, 2.45) is 0 Å². The van der Waals surface area contributed by atoms with Crippen LogP contribution in [0.25, 0.3) is 0 Å². The fourth-order valence-corrected chi connectivity index (χ4v) is 2.06. The number of rotatable bonds is 8. The van der Waals surface area contributed by atoms with Gasteiger partial charge in [-0.25, -0.2) is 4.39 Å². The van der Waals surface area contributed by atoms with Crippen molar-refractivity contribution in [2.45, 2.75) is 27.2 Å². The summed E-state index contributed by atoms with van der Waals surface area (Å²) in [5.41, 5.74) is 2.27. The molecule has 0 fully saturated rings. The van der Waals surface area contributed by atoms with Crippen molar-refractivity contribution in [3.63, 3.8) is 0 Å². The molecule has 0 radical (unpaired) electrons. The van der Waals surface area contributed by atoms with Crippen LogP contribution in [-0.4, -0.2) is 37.6 Å². The van der Waals surface area contributed by atoms with Crippen molar-refractivity contribution in [2.75, 3.05) is 32.7 Å². The Morgan fingerprint density at radius 1 is 1.17 bits per heavy atom. The predicted octanol–water partition coefficient (Wildman–Crippen LogP) is 2.61. The van der Waals surface area contributed by atoms with E-state index in [1.165, 1.54) is 11.6 Å². The van der Waals surface area contributed by atoms with Gasteiger partial charge in [0.05, 0.1) is 0 Å². The number of nitrogens with zero attached hydrogens (tertiary/aromatic N) is 1. The average molecular weight is 252 g/mol. The molecule has 2 nitrogen and oxygen atoms in total. The molecule has 0 unspecified atom stereocenters. The molecule has 0 aliphatic heterocycles. The summed E-state index contributed by atoms with van der Waals surface area (Å²) in [7, 11) is 0. The minimum Gasteiger partial charge on any atom is -0.315 e. The van der Waals surface area contributed by atoms with Gasteiger partial charge in [0, 0.05) is 13.1 Å². The van der Waals surface area contributed by atoms with E-state index in [0.717, 1.165) is 44.7 Å². The maximum atomic E-state index is 12.9. The molecular weight excluding hydrogens is 227 g/mol. The molecule has 0 heterocycles. The lowest BCUT2D eigenvalue weighted by Crippen LogP contribution is -2.32. The lowest BCUT2D eigenvalue weighted by atomic mass is 10.1. The van der Waals surface area contributed by atoms with Gasteiger partial charge in [0.15, 0.2) is 0 Å². The summed E-state index contributed by atoms with van der Waals surface area (Å²) in [5, 5.41) is 3.44. The van der Waals surface area contributed by atoms with E-state index < -0.39 is 0 Å². The zero-order chi connectivity index (χ0) is 13.4. The van der Waals surface area contributed by atoms with Crippen molar-refractivity contribution in [3.8, 4) is 0 Å². The Kier molecular flexibility index (Phi) is 6.91. The Morgan fingerprint density at radius 2 is 1.89 bits per heavy atom. The molecule has 0 amide bonds. The second-order valence-electron chi connectivity index (χ2n) is 4.60. The molecule has 1 aromatic carbocycles. The van der Waals surface area contributed by atoms with E-state index in [1.54, 1.807) is 6.07 Å². The predicted molar refractivity (Wildman–Crippen MR) is 75.5 cm³/mol. The first-order valence-electron chi connectivity index (χ1n) is 6.85. The van der Waals surface area contributed by atoms with Crippen LogP contribution in [0.5, 0.6) is 0 Å².